The van der Waals surface area contributed by atoms with E-state index in [2.05, 4.69) is 10.6 Å². The smallest absolute Gasteiger partial charge is 0.278 e. The highest BCUT2D eigenvalue weighted by molar-refractivity contribution is 6.36. The van der Waals surface area contributed by atoms with E-state index in [0.29, 0.717) is 27.5 Å². The molecule has 0 atom stereocenters. The molecule has 28 heavy (non-hydrogen) atoms. The molecular formula is C21H20ClN3O3. The van der Waals surface area contributed by atoms with E-state index >= 15 is 0 Å². The van der Waals surface area contributed by atoms with Gasteiger partial charge in [-0.3, -0.25) is 19.3 Å². The third kappa shape index (κ3) is 3.64. The highest BCUT2D eigenvalue weighted by atomic mass is 35.5. The van der Waals surface area contributed by atoms with Gasteiger partial charge in [0.15, 0.2) is 0 Å². The van der Waals surface area contributed by atoms with Crippen LogP contribution in [0.15, 0.2) is 48.2 Å². The van der Waals surface area contributed by atoms with E-state index in [1.165, 1.54) is 11.8 Å². The van der Waals surface area contributed by atoms with E-state index in [4.69, 9.17) is 11.6 Å². The van der Waals surface area contributed by atoms with Crippen molar-refractivity contribution in [1.82, 2.24) is 4.90 Å². The van der Waals surface area contributed by atoms with E-state index in [0.717, 1.165) is 5.56 Å². The maximum atomic E-state index is 12.9. The van der Waals surface area contributed by atoms with E-state index in [1.54, 1.807) is 49.4 Å². The second-order valence-electron chi connectivity index (χ2n) is 6.40. The molecular weight excluding hydrogens is 378 g/mol. The maximum absolute atomic E-state index is 12.9. The number of nitrogens with one attached hydrogen (secondary N) is 2. The van der Waals surface area contributed by atoms with Crippen LogP contribution in [0.3, 0.4) is 0 Å². The van der Waals surface area contributed by atoms with Crippen LogP contribution in [0.2, 0.25) is 5.02 Å². The van der Waals surface area contributed by atoms with Crippen LogP contribution in [-0.2, 0) is 14.4 Å². The summed E-state index contributed by atoms with van der Waals surface area (Å²) in [5.41, 5.74) is 3.15. The molecule has 0 saturated heterocycles. The van der Waals surface area contributed by atoms with E-state index in [-0.39, 0.29) is 30.0 Å². The Hall–Kier alpha value is -3.12. The SMILES string of the molecule is CCN1C(=O)C(Nc2cccc(Cl)c2C)=C(c2ccc(NC(C)=O)cc2)C1=O. The van der Waals surface area contributed by atoms with Crippen molar-refractivity contribution >= 4 is 46.3 Å². The molecule has 0 unspecified atom stereocenters. The normalized spacial score (nSPS) is 13.9. The van der Waals surface area contributed by atoms with Gasteiger partial charge in [0.25, 0.3) is 11.8 Å². The molecule has 3 rings (SSSR count). The third-order valence-corrected chi connectivity index (χ3v) is 4.92. The van der Waals surface area contributed by atoms with Crippen LogP contribution >= 0.6 is 11.6 Å². The summed E-state index contributed by atoms with van der Waals surface area (Å²) >= 11 is 6.18. The second kappa shape index (κ2) is 7.86. The average Bonchev–Trinajstić information content (AvgIpc) is 2.89. The Balaban J connectivity index is 2.06. The molecule has 2 N–H and O–H groups in total. The summed E-state index contributed by atoms with van der Waals surface area (Å²) in [6.07, 6.45) is 0. The lowest BCUT2D eigenvalue weighted by Crippen LogP contribution is -2.32. The van der Waals surface area contributed by atoms with Crippen molar-refractivity contribution < 1.29 is 14.4 Å². The summed E-state index contributed by atoms with van der Waals surface area (Å²) in [6.45, 7) is 5.28. The quantitative estimate of drug-likeness (QED) is 0.752. The van der Waals surface area contributed by atoms with Crippen molar-refractivity contribution in [2.75, 3.05) is 17.2 Å². The van der Waals surface area contributed by atoms with Crippen LogP contribution in [0.25, 0.3) is 5.57 Å². The monoisotopic (exact) mass is 397 g/mol. The van der Waals surface area contributed by atoms with Crippen LogP contribution in [0, 0.1) is 6.92 Å². The fraction of sp³-hybridized carbons (Fsp3) is 0.190. The summed E-state index contributed by atoms with van der Waals surface area (Å²) in [5, 5.41) is 6.35. The van der Waals surface area contributed by atoms with E-state index in [9.17, 15) is 14.4 Å². The molecule has 0 fully saturated rings. The van der Waals surface area contributed by atoms with Gasteiger partial charge < -0.3 is 10.6 Å². The Labute approximate surface area is 168 Å². The lowest BCUT2D eigenvalue weighted by atomic mass is 10.0. The average molecular weight is 398 g/mol. The minimum absolute atomic E-state index is 0.185. The number of anilines is 2. The molecule has 0 aromatic heterocycles. The number of imide groups is 1. The number of benzene rings is 2. The van der Waals surface area contributed by atoms with Gasteiger partial charge in [0.05, 0.1) is 5.57 Å². The van der Waals surface area contributed by atoms with Crippen molar-refractivity contribution in [2.45, 2.75) is 20.8 Å². The minimum atomic E-state index is -0.382. The van der Waals surface area contributed by atoms with Gasteiger partial charge in [-0.15, -0.1) is 0 Å². The van der Waals surface area contributed by atoms with Crippen molar-refractivity contribution in [3.05, 3.63) is 64.3 Å². The number of carbonyl (C=O) groups is 3. The van der Waals surface area contributed by atoms with Gasteiger partial charge in [0.1, 0.15) is 5.70 Å². The Bertz CT molecular complexity index is 996. The van der Waals surface area contributed by atoms with Crippen LogP contribution in [0.4, 0.5) is 11.4 Å². The Morgan fingerprint density at radius 1 is 1.07 bits per heavy atom. The second-order valence-corrected chi connectivity index (χ2v) is 6.81. The number of likely N-dealkylation sites (N-methyl/N-ethyl adjacent to an activating group) is 1. The zero-order chi connectivity index (χ0) is 20.4. The van der Waals surface area contributed by atoms with Crippen molar-refractivity contribution in [3.8, 4) is 0 Å². The van der Waals surface area contributed by atoms with Crippen molar-refractivity contribution in [1.29, 1.82) is 0 Å². The van der Waals surface area contributed by atoms with E-state index < -0.39 is 0 Å². The zero-order valence-corrected chi connectivity index (χ0v) is 16.6. The highest BCUT2D eigenvalue weighted by Crippen LogP contribution is 2.32. The zero-order valence-electron chi connectivity index (χ0n) is 15.8. The molecule has 0 spiro atoms. The van der Waals surface area contributed by atoms with Gasteiger partial charge in [-0.25, -0.2) is 0 Å². The molecule has 1 aliphatic heterocycles. The molecule has 0 saturated carbocycles. The third-order valence-electron chi connectivity index (χ3n) is 4.51. The molecule has 1 aliphatic rings. The molecule has 1 heterocycles. The maximum Gasteiger partial charge on any atom is 0.278 e. The summed E-state index contributed by atoms with van der Waals surface area (Å²) in [7, 11) is 0. The van der Waals surface area contributed by atoms with Gasteiger partial charge in [0, 0.05) is 29.9 Å². The number of nitrogens with zero attached hydrogens (tertiary/aromatic N) is 1. The first kappa shape index (κ1) is 19.6. The predicted octanol–water partition coefficient (Wildman–Crippen LogP) is 3.82. The van der Waals surface area contributed by atoms with Gasteiger partial charge in [-0.1, -0.05) is 29.8 Å². The molecule has 0 radical (unpaired) electrons. The largest absolute Gasteiger partial charge is 0.350 e. The number of amides is 3. The molecule has 0 aliphatic carbocycles. The van der Waals surface area contributed by atoms with Crippen LogP contribution < -0.4 is 10.6 Å². The molecule has 0 bridgehead atoms. The highest BCUT2D eigenvalue weighted by Gasteiger charge is 2.38. The van der Waals surface area contributed by atoms with Gasteiger partial charge in [-0.05, 0) is 49.2 Å². The van der Waals surface area contributed by atoms with Crippen molar-refractivity contribution in [2.24, 2.45) is 0 Å². The first-order chi connectivity index (χ1) is 13.3. The standard InChI is InChI=1S/C21H20ClN3O3/c1-4-25-20(27)18(14-8-10-15(11-9-14)23-13(3)26)19(21(25)28)24-17-7-5-6-16(22)12(17)2/h5-11,24H,4H2,1-3H3,(H,23,26). The van der Waals surface area contributed by atoms with Gasteiger partial charge in [-0.2, -0.15) is 0 Å². The predicted molar refractivity (Wildman–Crippen MR) is 110 cm³/mol. The molecule has 3 amide bonds. The van der Waals surface area contributed by atoms with E-state index in [1.807, 2.05) is 6.92 Å². The molecule has 2 aromatic carbocycles. The minimum Gasteiger partial charge on any atom is -0.350 e. The van der Waals surface area contributed by atoms with Gasteiger partial charge >= 0.3 is 0 Å². The summed E-state index contributed by atoms with van der Waals surface area (Å²) in [5.74, 6) is -0.926. The number of carbonyl (C=O) groups excluding carboxylic acids is 3. The van der Waals surface area contributed by atoms with Crippen LogP contribution in [-0.4, -0.2) is 29.2 Å². The Morgan fingerprint density at radius 2 is 1.75 bits per heavy atom. The summed E-state index contributed by atoms with van der Waals surface area (Å²) in [4.78, 5) is 38.1. The fourth-order valence-corrected chi connectivity index (χ4v) is 3.22. The fourth-order valence-electron chi connectivity index (χ4n) is 3.05. The number of hydrogen-bond acceptors (Lipinski definition) is 4. The number of hydrogen-bond donors (Lipinski definition) is 2. The van der Waals surface area contributed by atoms with Crippen LogP contribution in [0.5, 0.6) is 0 Å². The summed E-state index contributed by atoms with van der Waals surface area (Å²) < 4.78 is 0. The number of halogens is 1. The molecule has 7 heteroatoms. The summed E-state index contributed by atoms with van der Waals surface area (Å²) in [6, 6.07) is 12.1. The Kier molecular flexibility index (Phi) is 5.51. The molecule has 144 valence electrons. The lowest BCUT2D eigenvalue weighted by molar-refractivity contribution is -0.136. The Morgan fingerprint density at radius 3 is 2.36 bits per heavy atom. The first-order valence-corrected chi connectivity index (χ1v) is 9.22. The molecule has 2 aromatic rings. The molecule has 6 nitrogen and oxygen atoms in total. The van der Waals surface area contributed by atoms with Crippen LogP contribution in [0.1, 0.15) is 25.0 Å². The number of rotatable bonds is 5. The topological polar surface area (TPSA) is 78.5 Å². The van der Waals surface area contributed by atoms with Gasteiger partial charge in [0.2, 0.25) is 5.91 Å². The lowest BCUT2D eigenvalue weighted by Gasteiger charge is -2.13. The van der Waals surface area contributed by atoms with Crippen molar-refractivity contribution in [3.63, 3.8) is 0 Å². The first-order valence-electron chi connectivity index (χ1n) is 8.84.